The van der Waals surface area contributed by atoms with Crippen LogP contribution in [0.5, 0.6) is 0 Å². The van der Waals surface area contributed by atoms with Crippen molar-refractivity contribution in [2.24, 2.45) is 0 Å². The van der Waals surface area contributed by atoms with E-state index in [4.69, 9.17) is 11.6 Å². The molecule has 0 N–H and O–H groups in total. The zero-order valence-electron chi connectivity index (χ0n) is 17.0. The standard InChI is InChI=1S/C27H25ClN2/c28-27-18-21(20-30-16-5-2-6-17-30)12-13-24(27)15-14-23-10-7-11-25(26(23)19-29)22-8-3-1-4-9-22/h1,3-4,7-15,18H,2,5-6,16-17,20H2/b15-14+. The summed E-state index contributed by atoms with van der Waals surface area (Å²) in [7, 11) is 0. The number of likely N-dealkylation sites (tertiary alicyclic amines) is 1. The summed E-state index contributed by atoms with van der Waals surface area (Å²) in [6.07, 6.45) is 7.90. The highest BCUT2D eigenvalue weighted by atomic mass is 35.5. The molecule has 0 amide bonds. The van der Waals surface area contributed by atoms with Gasteiger partial charge >= 0.3 is 0 Å². The molecule has 1 saturated heterocycles. The highest BCUT2D eigenvalue weighted by Crippen LogP contribution is 2.28. The molecule has 1 aliphatic heterocycles. The highest BCUT2D eigenvalue weighted by molar-refractivity contribution is 6.32. The molecular formula is C27H25ClN2. The third kappa shape index (κ3) is 4.82. The molecule has 3 heteroatoms. The van der Waals surface area contributed by atoms with Crippen LogP contribution in [0, 0.1) is 11.3 Å². The average molecular weight is 413 g/mol. The molecule has 1 fully saturated rings. The highest BCUT2D eigenvalue weighted by Gasteiger charge is 2.11. The van der Waals surface area contributed by atoms with Gasteiger partial charge in [0, 0.05) is 17.1 Å². The van der Waals surface area contributed by atoms with Gasteiger partial charge in [0.2, 0.25) is 0 Å². The molecule has 1 aliphatic rings. The predicted molar refractivity (Wildman–Crippen MR) is 126 cm³/mol. The van der Waals surface area contributed by atoms with Gasteiger partial charge in [-0.1, -0.05) is 90.8 Å². The minimum absolute atomic E-state index is 0.679. The summed E-state index contributed by atoms with van der Waals surface area (Å²) in [6.45, 7) is 3.31. The number of halogens is 1. The monoisotopic (exact) mass is 412 g/mol. The molecule has 1 heterocycles. The van der Waals surface area contributed by atoms with Crippen molar-refractivity contribution in [3.8, 4) is 17.2 Å². The van der Waals surface area contributed by atoms with Crippen LogP contribution in [0.3, 0.4) is 0 Å². The summed E-state index contributed by atoms with van der Waals surface area (Å²) in [4.78, 5) is 2.50. The molecule has 0 unspecified atom stereocenters. The summed E-state index contributed by atoms with van der Waals surface area (Å²) in [5.41, 5.74) is 5.79. The Morgan fingerprint density at radius 1 is 0.867 bits per heavy atom. The van der Waals surface area contributed by atoms with E-state index in [0.29, 0.717) is 5.56 Å². The van der Waals surface area contributed by atoms with Crippen molar-refractivity contribution in [3.05, 3.63) is 94.0 Å². The number of rotatable bonds is 5. The lowest BCUT2D eigenvalue weighted by Crippen LogP contribution is -2.29. The van der Waals surface area contributed by atoms with Gasteiger partial charge in [-0.2, -0.15) is 5.26 Å². The Balaban J connectivity index is 1.56. The van der Waals surface area contributed by atoms with Crippen LogP contribution in [0.1, 0.15) is 41.5 Å². The molecule has 0 radical (unpaired) electrons. The van der Waals surface area contributed by atoms with Crippen molar-refractivity contribution in [2.45, 2.75) is 25.8 Å². The Morgan fingerprint density at radius 2 is 1.63 bits per heavy atom. The lowest BCUT2D eigenvalue weighted by atomic mass is 9.95. The second-order valence-corrected chi connectivity index (χ2v) is 8.18. The van der Waals surface area contributed by atoms with Crippen LogP contribution in [0.15, 0.2) is 66.7 Å². The largest absolute Gasteiger partial charge is 0.299 e. The number of hydrogen-bond donors (Lipinski definition) is 0. The van der Waals surface area contributed by atoms with Crippen molar-refractivity contribution >= 4 is 23.8 Å². The van der Waals surface area contributed by atoms with Gasteiger partial charge in [-0.05, 0) is 54.3 Å². The third-order valence-corrected chi connectivity index (χ3v) is 5.98. The maximum Gasteiger partial charge on any atom is 0.100 e. The number of benzene rings is 3. The fourth-order valence-electron chi connectivity index (χ4n) is 4.05. The Kier molecular flexibility index (Phi) is 6.64. The van der Waals surface area contributed by atoms with Crippen LogP contribution in [0.4, 0.5) is 0 Å². The van der Waals surface area contributed by atoms with Gasteiger partial charge in [0.15, 0.2) is 0 Å². The number of hydrogen-bond acceptors (Lipinski definition) is 2. The molecule has 0 saturated carbocycles. The second-order valence-electron chi connectivity index (χ2n) is 7.77. The fraction of sp³-hybridized carbons (Fsp3) is 0.222. The number of nitrogens with zero attached hydrogens (tertiary/aromatic N) is 2. The summed E-state index contributed by atoms with van der Waals surface area (Å²) < 4.78 is 0. The quantitative estimate of drug-likeness (QED) is 0.420. The number of nitriles is 1. The van der Waals surface area contributed by atoms with E-state index < -0.39 is 0 Å². The average Bonchev–Trinajstić information content (AvgIpc) is 2.79. The summed E-state index contributed by atoms with van der Waals surface area (Å²) >= 11 is 6.58. The Bertz CT molecular complexity index is 1070. The molecule has 4 rings (SSSR count). The first-order valence-electron chi connectivity index (χ1n) is 10.5. The molecule has 3 aromatic carbocycles. The minimum atomic E-state index is 0.679. The maximum absolute atomic E-state index is 9.79. The molecule has 30 heavy (non-hydrogen) atoms. The Labute approximate surface area is 184 Å². The first-order valence-corrected chi connectivity index (χ1v) is 10.9. The molecule has 0 aromatic heterocycles. The zero-order chi connectivity index (χ0) is 20.8. The smallest absolute Gasteiger partial charge is 0.100 e. The van der Waals surface area contributed by atoms with Crippen molar-refractivity contribution in [2.75, 3.05) is 13.1 Å². The summed E-state index contributed by atoms with van der Waals surface area (Å²) in [5, 5.41) is 10.5. The molecule has 0 atom stereocenters. The van der Waals surface area contributed by atoms with E-state index in [1.807, 2.05) is 60.7 Å². The van der Waals surface area contributed by atoms with Gasteiger partial charge < -0.3 is 0 Å². The van der Waals surface area contributed by atoms with Crippen LogP contribution in [0.2, 0.25) is 5.02 Å². The molecular weight excluding hydrogens is 388 g/mol. The lowest BCUT2D eigenvalue weighted by molar-refractivity contribution is 0.221. The van der Waals surface area contributed by atoms with Gasteiger partial charge in [-0.3, -0.25) is 4.90 Å². The van der Waals surface area contributed by atoms with Gasteiger partial charge in [-0.25, -0.2) is 0 Å². The fourth-order valence-corrected chi connectivity index (χ4v) is 4.32. The van der Waals surface area contributed by atoms with Gasteiger partial charge in [-0.15, -0.1) is 0 Å². The molecule has 3 aromatic rings. The molecule has 150 valence electrons. The zero-order valence-corrected chi connectivity index (χ0v) is 17.8. The van der Waals surface area contributed by atoms with Crippen LogP contribution < -0.4 is 0 Å². The SMILES string of the molecule is N#Cc1c(/C=C/c2ccc(CN3CCCCC3)cc2Cl)cccc1-c1ccccc1. The summed E-state index contributed by atoms with van der Waals surface area (Å²) in [6, 6.07) is 24.7. The van der Waals surface area contributed by atoms with Crippen molar-refractivity contribution in [3.63, 3.8) is 0 Å². The van der Waals surface area contributed by atoms with Gasteiger partial charge in [0.25, 0.3) is 0 Å². The molecule has 2 nitrogen and oxygen atoms in total. The van der Waals surface area contributed by atoms with Crippen LogP contribution in [-0.4, -0.2) is 18.0 Å². The minimum Gasteiger partial charge on any atom is -0.299 e. The lowest BCUT2D eigenvalue weighted by Gasteiger charge is -2.26. The van der Waals surface area contributed by atoms with Crippen molar-refractivity contribution in [1.29, 1.82) is 5.26 Å². The van der Waals surface area contributed by atoms with E-state index in [-0.39, 0.29) is 0 Å². The number of piperidine rings is 1. The van der Waals surface area contributed by atoms with E-state index in [1.165, 1.54) is 37.9 Å². The van der Waals surface area contributed by atoms with Gasteiger partial charge in [0.1, 0.15) is 6.07 Å². The summed E-state index contributed by atoms with van der Waals surface area (Å²) in [5.74, 6) is 0. The van der Waals surface area contributed by atoms with E-state index in [2.05, 4.69) is 29.2 Å². The third-order valence-electron chi connectivity index (χ3n) is 5.66. The first kappa shape index (κ1) is 20.4. The van der Waals surface area contributed by atoms with E-state index >= 15 is 0 Å². The first-order chi connectivity index (χ1) is 14.7. The normalized spacial score (nSPS) is 14.7. The Hall–Kier alpha value is -2.86. The maximum atomic E-state index is 9.79. The second kappa shape index (κ2) is 9.76. The molecule has 0 bridgehead atoms. The Morgan fingerprint density at radius 3 is 2.37 bits per heavy atom. The molecule has 0 aliphatic carbocycles. The van der Waals surface area contributed by atoms with E-state index in [1.54, 1.807) is 0 Å². The topological polar surface area (TPSA) is 27.0 Å². The predicted octanol–water partition coefficient (Wildman–Crippen LogP) is 7.03. The van der Waals surface area contributed by atoms with Gasteiger partial charge in [0.05, 0.1) is 5.56 Å². The van der Waals surface area contributed by atoms with Crippen molar-refractivity contribution < 1.29 is 0 Å². The van der Waals surface area contributed by atoms with Crippen LogP contribution in [0.25, 0.3) is 23.3 Å². The van der Waals surface area contributed by atoms with E-state index in [9.17, 15) is 5.26 Å². The van der Waals surface area contributed by atoms with Crippen molar-refractivity contribution in [1.82, 2.24) is 4.90 Å². The van der Waals surface area contributed by atoms with E-state index in [0.717, 1.165) is 33.8 Å². The van der Waals surface area contributed by atoms with Crippen LogP contribution in [-0.2, 0) is 6.54 Å². The van der Waals surface area contributed by atoms with Crippen LogP contribution >= 0.6 is 11.6 Å². The molecule has 0 spiro atoms.